The highest BCUT2D eigenvalue weighted by atomic mass is 16.2. The molecule has 1 aromatic carbocycles. The molecule has 8 heteroatoms. The molecule has 8 nitrogen and oxygen atoms in total. The first-order chi connectivity index (χ1) is 16.1. The normalized spacial score (nSPS) is 20.5. The van der Waals surface area contributed by atoms with Gasteiger partial charge in [0.1, 0.15) is 12.1 Å². The van der Waals surface area contributed by atoms with E-state index in [1.807, 2.05) is 51.9 Å². The van der Waals surface area contributed by atoms with Crippen LogP contribution in [0.4, 0.5) is 5.69 Å². The number of carbonyl (C=O) groups is 4. The van der Waals surface area contributed by atoms with Crippen LogP contribution in [0.5, 0.6) is 0 Å². The van der Waals surface area contributed by atoms with Gasteiger partial charge < -0.3 is 20.0 Å². The number of hydrogen-bond donors (Lipinski definition) is 1. The first-order valence-corrected chi connectivity index (χ1v) is 12.3. The van der Waals surface area contributed by atoms with Crippen molar-refractivity contribution in [1.29, 1.82) is 0 Å². The fourth-order valence-corrected chi connectivity index (χ4v) is 4.91. The Hall–Kier alpha value is -2.90. The van der Waals surface area contributed by atoms with E-state index in [0.29, 0.717) is 31.4 Å². The second kappa shape index (κ2) is 11.0. The second-order valence-corrected chi connectivity index (χ2v) is 10.0. The van der Waals surface area contributed by atoms with Gasteiger partial charge in [-0.15, -0.1) is 0 Å². The highest BCUT2D eigenvalue weighted by molar-refractivity contribution is 6.00. The molecular weight excluding hydrogens is 432 g/mol. The first-order valence-electron chi connectivity index (χ1n) is 12.3. The topological polar surface area (TPSA) is 90.0 Å². The van der Waals surface area contributed by atoms with E-state index in [1.165, 1.54) is 0 Å². The lowest BCUT2D eigenvalue weighted by molar-refractivity contribution is -0.138. The van der Waals surface area contributed by atoms with Gasteiger partial charge in [-0.25, -0.2) is 0 Å². The Kier molecular flexibility index (Phi) is 8.33. The molecule has 0 aromatic heterocycles. The number of benzene rings is 1. The summed E-state index contributed by atoms with van der Waals surface area (Å²) < 4.78 is 0. The van der Waals surface area contributed by atoms with Crippen LogP contribution in [0.15, 0.2) is 24.3 Å². The number of amides is 3. The lowest BCUT2D eigenvalue weighted by Gasteiger charge is -2.29. The Balaban J connectivity index is 1.73. The molecule has 1 unspecified atom stereocenters. The molecule has 1 aromatic rings. The summed E-state index contributed by atoms with van der Waals surface area (Å²) in [6.07, 6.45) is 3.21. The molecule has 34 heavy (non-hydrogen) atoms. The van der Waals surface area contributed by atoms with Crippen LogP contribution >= 0.6 is 0 Å². The van der Waals surface area contributed by atoms with Gasteiger partial charge in [0.15, 0.2) is 5.78 Å². The van der Waals surface area contributed by atoms with Crippen molar-refractivity contribution in [2.75, 3.05) is 32.1 Å². The van der Waals surface area contributed by atoms with Crippen LogP contribution in [-0.4, -0.2) is 78.6 Å². The van der Waals surface area contributed by atoms with Gasteiger partial charge in [0, 0.05) is 38.3 Å². The maximum atomic E-state index is 13.6. The number of likely N-dealkylation sites (tertiary alicyclic amines) is 2. The zero-order valence-corrected chi connectivity index (χ0v) is 21.0. The van der Waals surface area contributed by atoms with Crippen LogP contribution in [0.25, 0.3) is 0 Å². The van der Waals surface area contributed by atoms with Crippen molar-refractivity contribution in [2.45, 2.75) is 71.0 Å². The molecule has 0 spiro atoms. The lowest BCUT2D eigenvalue weighted by atomic mass is 10.0. The SMILES string of the molecule is CCCCC(=O)N1CC(=O)[C@@H]2C1CCN2C(=O)[C@H](CC(C)C)NC(=O)c1ccc(N(C)C)cc1. The van der Waals surface area contributed by atoms with E-state index in [1.54, 1.807) is 21.9 Å². The zero-order valence-electron chi connectivity index (χ0n) is 21.0. The minimum atomic E-state index is -0.725. The third-order valence-electron chi connectivity index (χ3n) is 6.73. The van der Waals surface area contributed by atoms with Crippen LogP contribution in [0.1, 0.15) is 63.2 Å². The summed E-state index contributed by atoms with van der Waals surface area (Å²) in [5.41, 5.74) is 1.46. The second-order valence-electron chi connectivity index (χ2n) is 10.0. The number of ketones is 1. The molecule has 2 heterocycles. The number of rotatable bonds is 9. The number of hydrogen-bond acceptors (Lipinski definition) is 5. The smallest absolute Gasteiger partial charge is 0.251 e. The minimum absolute atomic E-state index is 0.00907. The molecule has 2 fully saturated rings. The maximum absolute atomic E-state index is 13.6. The van der Waals surface area contributed by atoms with E-state index < -0.39 is 12.1 Å². The molecule has 3 rings (SSSR count). The molecule has 3 atom stereocenters. The van der Waals surface area contributed by atoms with Crippen LogP contribution in [0.2, 0.25) is 0 Å². The summed E-state index contributed by atoms with van der Waals surface area (Å²) in [5.74, 6) is -0.472. The number of Topliss-reactive ketones (excluding diaryl/α,β-unsaturated/α-hetero) is 1. The molecule has 0 aliphatic carbocycles. The third kappa shape index (κ3) is 5.59. The van der Waals surface area contributed by atoms with Crippen LogP contribution in [0, 0.1) is 5.92 Å². The van der Waals surface area contributed by atoms with Gasteiger partial charge in [0.05, 0.1) is 12.6 Å². The van der Waals surface area contributed by atoms with Crippen molar-refractivity contribution in [1.82, 2.24) is 15.1 Å². The Bertz CT molecular complexity index is 912. The molecular formula is C26H38N4O4. The average Bonchev–Trinajstić information content (AvgIpc) is 3.37. The summed E-state index contributed by atoms with van der Waals surface area (Å²) in [5, 5.41) is 2.91. The van der Waals surface area contributed by atoms with Crippen molar-refractivity contribution < 1.29 is 19.2 Å². The zero-order chi connectivity index (χ0) is 25.0. The molecule has 2 aliphatic heterocycles. The lowest BCUT2D eigenvalue weighted by Crippen LogP contribution is -2.53. The molecule has 2 saturated heterocycles. The fraction of sp³-hybridized carbons (Fsp3) is 0.615. The first kappa shape index (κ1) is 25.7. The van der Waals surface area contributed by atoms with E-state index in [4.69, 9.17) is 0 Å². The number of nitrogens with zero attached hydrogens (tertiary/aromatic N) is 3. The number of nitrogens with one attached hydrogen (secondary N) is 1. The average molecular weight is 471 g/mol. The standard InChI is InChI=1S/C26H38N4O4/c1-6-7-8-23(32)30-16-22(31)24-21(30)13-14-29(24)26(34)20(15-17(2)3)27-25(33)18-9-11-19(12-10-18)28(4)5/h9-12,17,20-21,24H,6-8,13-16H2,1-5H3,(H,27,33)/t20-,21?,24-/m0/s1. The van der Waals surface area contributed by atoms with E-state index in [9.17, 15) is 19.2 Å². The number of carbonyl (C=O) groups excluding carboxylic acids is 4. The minimum Gasteiger partial charge on any atom is -0.378 e. The Morgan fingerprint density at radius 2 is 1.79 bits per heavy atom. The predicted octanol–water partition coefficient (Wildman–Crippen LogP) is 2.47. The monoisotopic (exact) mass is 470 g/mol. The van der Waals surface area contributed by atoms with Crippen molar-refractivity contribution >= 4 is 29.2 Å². The van der Waals surface area contributed by atoms with Gasteiger partial charge in [-0.05, 0) is 49.4 Å². The number of fused-ring (bicyclic) bond motifs is 1. The van der Waals surface area contributed by atoms with Crippen molar-refractivity contribution in [3.8, 4) is 0 Å². The van der Waals surface area contributed by atoms with E-state index in [2.05, 4.69) is 5.32 Å². The van der Waals surface area contributed by atoms with Gasteiger partial charge in [0.2, 0.25) is 11.8 Å². The van der Waals surface area contributed by atoms with Crippen LogP contribution in [0.3, 0.4) is 0 Å². The highest BCUT2D eigenvalue weighted by Crippen LogP contribution is 2.31. The molecule has 2 aliphatic rings. The highest BCUT2D eigenvalue weighted by Gasteiger charge is 2.51. The third-order valence-corrected chi connectivity index (χ3v) is 6.73. The van der Waals surface area contributed by atoms with Gasteiger partial charge in [-0.2, -0.15) is 0 Å². The predicted molar refractivity (Wildman–Crippen MR) is 132 cm³/mol. The molecule has 1 N–H and O–H groups in total. The molecule has 0 bridgehead atoms. The quantitative estimate of drug-likeness (QED) is 0.599. The van der Waals surface area contributed by atoms with Crippen molar-refractivity contribution in [3.63, 3.8) is 0 Å². The van der Waals surface area contributed by atoms with E-state index >= 15 is 0 Å². The summed E-state index contributed by atoms with van der Waals surface area (Å²) in [7, 11) is 3.86. The Morgan fingerprint density at radius 3 is 2.38 bits per heavy atom. The fourth-order valence-electron chi connectivity index (χ4n) is 4.91. The largest absolute Gasteiger partial charge is 0.378 e. The van der Waals surface area contributed by atoms with Gasteiger partial charge >= 0.3 is 0 Å². The Labute approximate surface area is 202 Å². The van der Waals surface area contributed by atoms with E-state index in [0.717, 1.165) is 18.5 Å². The van der Waals surface area contributed by atoms with Gasteiger partial charge in [-0.3, -0.25) is 19.2 Å². The summed E-state index contributed by atoms with van der Waals surface area (Å²) in [6.45, 7) is 6.52. The van der Waals surface area contributed by atoms with Crippen LogP contribution < -0.4 is 10.2 Å². The molecule has 0 saturated carbocycles. The molecule has 186 valence electrons. The van der Waals surface area contributed by atoms with Gasteiger partial charge in [0.25, 0.3) is 5.91 Å². The number of unbranched alkanes of at least 4 members (excludes halogenated alkanes) is 1. The summed E-state index contributed by atoms with van der Waals surface area (Å²) in [6, 6.07) is 5.62. The van der Waals surface area contributed by atoms with Crippen LogP contribution in [-0.2, 0) is 14.4 Å². The molecule has 0 radical (unpaired) electrons. The van der Waals surface area contributed by atoms with E-state index in [-0.39, 0.29) is 42.0 Å². The van der Waals surface area contributed by atoms with Gasteiger partial charge in [-0.1, -0.05) is 27.2 Å². The van der Waals surface area contributed by atoms with Crippen molar-refractivity contribution in [2.24, 2.45) is 5.92 Å². The van der Waals surface area contributed by atoms with Crippen molar-refractivity contribution in [3.05, 3.63) is 29.8 Å². The summed E-state index contributed by atoms with van der Waals surface area (Å²) >= 11 is 0. The maximum Gasteiger partial charge on any atom is 0.251 e. The molecule has 3 amide bonds. The summed E-state index contributed by atoms with van der Waals surface area (Å²) in [4.78, 5) is 57.2. The number of anilines is 1. The Morgan fingerprint density at radius 1 is 1.12 bits per heavy atom.